The zero-order chi connectivity index (χ0) is 20.3. The Morgan fingerprint density at radius 3 is 2.29 bits per heavy atom. The van der Waals surface area contributed by atoms with Crippen LogP contribution in [0.2, 0.25) is 0 Å². The van der Waals surface area contributed by atoms with Gasteiger partial charge in [0, 0.05) is 29.3 Å². The Bertz CT molecular complexity index is 1030. The maximum Gasteiger partial charge on any atom is 0.252 e. The summed E-state index contributed by atoms with van der Waals surface area (Å²) in [5.41, 5.74) is 4.07. The molecule has 0 saturated carbocycles. The van der Waals surface area contributed by atoms with Crippen molar-refractivity contribution in [2.45, 2.75) is 20.4 Å². The molecule has 1 aromatic heterocycles. The smallest absolute Gasteiger partial charge is 0.252 e. The predicted octanol–water partition coefficient (Wildman–Crippen LogP) is 3.81. The highest BCUT2D eigenvalue weighted by atomic mass is 16.5. The molecule has 146 valence electrons. The summed E-state index contributed by atoms with van der Waals surface area (Å²) in [4.78, 5) is 17.5. The van der Waals surface area contributed by atoms with Gasteiger partial charge < -0.3 is 19.5 Å². The highest BCUT2D eigenvalue weighted by Crippen LogP contribution is 2.34. The van der Waals surface area contributed by atoms with E-state index < -0.39 is 0 Å². The van der Waals surface area contributed by atoms with E-state index in [1.54, 1.807) is 33.5 Å². The van der Waals surface area contributed by atoms with Gasteiger partial charge >= 0.3 is 0 Å². The number of amides is 1. The number of benzene rings is 2. The van der Waals surface area contributed by atoms with Gasteiger partial charge in [-0.15, -0.1) is 0 Å². The average Bonchev–Trinajstić information content (AvgIpc) is 2.70. The van der Waals surface area contributed by atoms with Crippen LogP contribution in [0.4, 0.5) is 0 Å². The van der Waals surface area contributed by atoms with Crippen molar-refractivity contribution in [2.75, 3.05) is 21.3 Å². The van der Waals surface area contributed by atoms with Crippen molar-refractivity contribution in [3.63, 3.8) is 0 Å². The molecule has 0 aliphatic heterocycles. The number of nitrogens with one attached hydrogen (secondary N) is 1. The lowest BCUT2D eigenvalue weighted by molar-refractivity contribution is 0.0952. The number of methoxy groups -OCH3 is 3. The minimum atomic E-state index is -0.169. The Labute approximate surface area is 164 Å². The summed E-state index contributed by atoms with van der Waals surface area (Å²) in [6.45, 7) is 4.17. The minimum absolute atomic E-state index is 0.169. The predicted molar refractivity (Wildman–Crippen MR) is 108 cm³/mol. The summed E-state index contributed by atoms with van der Waals surface area (Å²) in [6, 6.07) is 11.3. The second kappa shape index (κ2) is 8.17. The second-order valence-corrected chi connectivity index (χ2v) is 6.53. The van der Waals surface area contributed by atoms with Crippen LogP contribution in [0.15, 0.2) is 36.4 Å². The van der Waals surface area contributed by atoms with Crippen molar-refractivity contribution in [2.24, 2.45) is 0 Å². The molecule has 0 aliphatic carbocycles. The lowest BCUT2D eigenvalue weighted by atomic mass is 10.0. The van der Waals surface area contributed by atoms with Crippen molar-refractivity contribution in [3.05, 3.63) is 58.8 Å². The Morgan fingerprint density at radius 2 is 1.61 bits per heavy atom. The molecule has 0 unspecified atom stereocenters. The van der Waals surface area contributed by atoms with E-state index in [0.29, 0.717) is 22.8 Å². The standard InChI is InChI=1S/C22H24N2O4/c1-13-6-7-18-16(8-13)17(9-14(2)24-18)22(25)23-12-15-10-20(27-4)21(28-5)11-19(15)26-3/h6-11H,12H2,1-5H3,(H,23,25). The molecule has 6 nitrogen and oxygen atoms in total. The first-order valence-corrected chi connectivity index (χ1v) is 8.92. The van der Waals surface area contributed by atoms with E-state index in [4.69, 9.17) is 14.2 Å². The van der Waals surface area contributed by atoms with Crippen LogP contribution < -0.4 is 19.5 Å². The SMILES string of the molecule is COc1cc(OC)c(OC)cc1CNC(=O)c1cc(C)nc2ccc(C)cc12. The molecule has 2 aromatic carbocycles. The van der Waals surface area contributed by atoms with Gasteiger partial charge in [-0.25, -0.2) is 0 Å². The number of carbonyl (C=O) groups excluding carboxylic acids is 1. The zero-order valence-corrected chi connectivity index (χ0v) is 16.8. The molecule has 0 radical (unpaired) electrons. The molecule has 0 atom stereocenters. The molecule has 0 saturated heterocycles. The van der Waals surface area contributed by atoms with Gasteiger partial charge in [0.25, 0.3) is 5.91 Å². The highest BCUT2D eigenvalue weighted by molar-refractivity contribution is 6.06. The first-order chi connectivity index (χ1) is 13.5. The molecule has 0 aliphatic rings. The van der Waals surface area contributed by atoms with Gasteiger partial charge in [-0.1, -0.05) is 11.6 Å². The number of rotatable bonds is 6. The van der Waals surface area contributed by atoms with Crippen molar-refractivity contribution in [1.29, 1.82) is 0 Å². The van der Waals surface area contributed by atoms with Crippen LogP contribution >= 0.6 is 0 Å². The summed E-state index contributed by atoms with van der Waals surface area (Å²) in [5, 5.41) is 3.81. The molecule has 1 N–H and O–H groups in total. The van der Waals surface area contributed by atoms with Gasteiger partial charge in [-0.2, -0.15) is 0 Å². The molecular formula is C22H24N2O4. The molecule has 1 amide bonds. The summed E-state index contributed by atoms with van der Waals surface area (Å²) < 4.78 is 16.1. The summed E-state index contributed by atoms with van der Waals surface area (Å²) >= 11 is 0. The number of fused-ring (bicyclic) bond motifs is 1. The van der Waals surface area contributed by atoms with Gasteiger partial charge in [0.15, 0.2) is 11.5 Å². The lowest BCUT2D eigenvalue weighted by Gasteiger charge is -2.15. The molecule has 1 heterocycles. The van der Waals surface area contributed by atoms with Gasteiger partial charge in [0.1, 0.15) is 5.75 Å². The molecular weight excluding hydrogens is 356 g/mol. The van der Waals surface area contributed by atoms with E-state index in [-0.39, 0.29) is 12.5 Å². The van der Waals surface area contributed by atoms with Gasteiger partial charge in [-0.05, 0) is 38.1 Å². The number of hydrogen-bond acceptors (Lipinski definition) is 5. The topological polar surface area (TPSA) is 69.7 Å². The van der Waals surface area contributed by atoms with Crippen molar-refractivity contribution in [1.82, 2.24) is 10.3 Å². The first-order valence-electron chi connectivity index (χ1n) is 8.92. The van der Waals surface area contributed by atoms with E-state index in [0.717, 1.165) is 27.7 Å². The lowest BCUT2D eigenvalue weighted by Crippen LogP contribution is -2.23. The Morgan fingerprint density at radius 1 is 0.929 bits per heavy atom. The number of carbonyl (C=O) groups is 1. The van der Waals surface area contributed by atoms with Crippen molar-refractivity contribution >= 4 is 16.8 Å². The fourth-order valence-corrected chi connectivity index (χ4v) is 3.16. The zero-order valence-electron chi connectivity index (χ0n) is 16.8. The fraction of sp³-hybridized carbons (Fsp3) is 0.273. The normalized spacial score (nSPS) is 10.6. The third-order valence-electron chi connectivity index (χ3n) is 4.56. The number of aromatic nitrogens is 1. The highest BCUT2D eigenvalue weighted by Gasteiger charge is 2.15. The van der Waals surface area contributed by atoms with Gasteiger partial charge in [-0.3, -0.25) is 9.78 Å². The molecule has 0 spiro atoms. The monoisotopic (exact) mass is 380 g/mol. The van der Waals surface area contributed by atoms with E-state index in [1.807, 2.05) is 38.1 Å². The van der Waals surface area contributed by atoms with Crippen LogP contribution in [0.5, 0.6) is 17.2 Å². The molecule has 3 rings (SSSR count). The maximum atomic E-state index is 12.9. The Hall–Kier alpha value is -3.28. The van der Waals surface area contributed by atoms with E-state index >= 15 is 0 Å². The van der Waals surface area contributed by atoms with Crippen LogP contribution in [0.3, 0.4) is 0 Å². The third kappa shape index (κ3) is 3.86. The van der Waals surface area contributed by atoms with Crippen LogP contribution in [-0.2, 0) is 6.54 Å². The Balaban J connectivity index is 1.91. The van der Waals surface area contributed by atoms with E-state index in [1.165, 1.54) is 0 Å². The number of aryl methyl sites for hydroxylation is 2. The van der Waals surface area contributed by atoms with Crippen LogP contribution in [0, 0.1) is 13.8 Å². The fourth-order valence-electron chi connectivity index (χ4n) is 3.16. The van der Waals surface area contributed by atoms with Gasteiger partial charge in [0.05, 0.1) is 32.4 Å². The number of ether oxygens (including phenoxy) is 3. The molecule has 0 bridgehead atoms. The summed E-state index contributed by atoms with van der Waals surface area (Å²) in [7, 11) is 4.72. The van der Waals surface area contributed by atoms with Gasteiger partial charge in [0.2, 0.25) is 0 Å². The first kappa shape index (κ1) is 19.5. The number of hydrogen-bond donors (Lipinski definition) is 1. The average molecular weight is 380 g/mol. The molecule has 3 aromatic rings. The van der Waals surface area contributed by atoms with E-state index in [9.17, 15) is 4.79 Å². The molecule has 28 heavy (non-hydrogen) atoms. The number of pyridine rings is 1. The van der Waals surface area contributed by atoms with Crippen molar-refractivity contribution in [3.8, 4) is 17.2 Å². The summed E-state index contributed by atoms with van der Waals surface area (Å²) in [6.07, 6.45) is 0. The van der Waals surface area contributed by atoms with E-state index in [2.05, 4.69) is 10.3 Å². The molecule has 6 heteroatoms. The summed E-state index contributed by atoms with van der Waals surface area (Å²) in [5.74, 6) is 1.59. The molecule has 0 fully saturated rings. The van der Waals surface area contributed by atoms with Crippen LogP contribution in [0.25, 0.3) is 10.9 Å². The quantitative estimate of drug-likeness (QED) is 0.704. The third-order valence-corrected chi connectivity index (χ3v) is 4.56. The van der Waals surface area contributed by atoms with Crippen LogP contribution in [-0.4, -0.2) is 32.2 Å². The van der Waals surface area contributed by atoms with Crippen LogP contribution in [0.1, 0.15) is 27.2 Å². The maximum absolute atomic E-state index is 12.9. The minimum Gasteiger partial charge on any atom is -0.496 e. The number of nitrogens with zero attached hydrogens (tertiary/aromatic N) is 1. The van der Waals surface area contributed by atoms with Crippen molar-refractivity contribution < 1.29 is 19.0 Å². The largest absolute Gasteiger partial charge is 0.496 e. The second-order valence-electron chi connectivity index (χ2n) is 6.53. The Kier molecular flexibility index (Phi) is 5.68.